The predicted molar refractivity (Wildman–Crippen MR) is 87.2 cm³/mol. The minimum atomic E-state index is -0.443. The highest BCUT2D eigenvalue weighted by Crippen LogP contribution is 2.25. The molecule has 0 spiro atoms. The first-order valence-electron chi connectivity index (χ1n) is 6.29. The van der Waals surface area contributed by atoms with Gasteiger partial charge in [-0.05, 0) is 46.0 Å². The first-order valence-corrected chi connectivity index (χ1v) is 7.09. The maximum Gasteiger partial charge on any atom is 0.237 e. The third-order valence-electron chi connectivity index (χ3n) is 2.75. The van der Waals surface area contributed by atoms with Gasteiger partial charge in [-0.15, -0.1) is 12.4 Å². The molecule has 1 amide bonds. The quantitative estimate of drug-likeness (QED) is 0.814. The summed E-state index contributed by atoms with van der Waals surface area (Å²) < 4.78 is 6.02. The summed E-state index contributed by atoms with van der Waals surface area (Å²) in [6.45, 7) is 4.56. The molecule has 0 aromatic heterocycles. The van der Waals surface area contributed by atoms with Crippen molar-refractivity contribution in [2.24, 2.45) is 11.7 Å². The van der Waals surface area contributed by atoms with Gasteiger partial charge in [0.05, 0.1) is 17.6 Å². The molecule has 6 heteroatoms. The number of hydrogen-bond acceptors (Lipinski definition) is 3. The van der Waals surface area contributed by atoms with Gasteiger partial charge in [-0.1, -0.05) is 19.9 Å². The Morgan fingerprint density at radius 3 is 2.60 bits per heavy atom. The number of hydrogen-bond donors (Lipinski definition) is 2. The molecular formula is C14H22BrClN2O2. The van der Waals surface area contributed by atoms with E-state index in [0.717, 1.165) is 15.8 Å². The number of nitrogens with one attached hydrogen (secondary N) is 1. The van der Waals surface area contributed by atoms with Crippen molar-refractivity contribution in [2.75, 3.05) is 7.11 Å². The fourth-order valence-corrected chi connectivity index (χ4v) is 2.34. The third kappa shape index (κ3) is 6.11. The lowest BCUT2D eigenvalue weighted by molar-refractivity contribution is -0.122. The van der Waals surface area contributed by atoms with Gasteiger partial charge in [0.2, 0.25) is 5.91 Å². The van der Waals surface area contributed by atoms with E-state index in [4.69, 9.17) is 10.5 Å². The molecular weight excluding hydrogens is 344 g/mol. The van der Waals surface area contributed by atoms with Crippen LogP contribution in [0.2, 0.25) is 0 Å². The molecule has 0 bridgehead atoms. The van der Waals surface area contributed by atoms with Crippen molar-refractivity contribution >= 4 is 34.2 Å². The Morgan fingerprint density at radius 2 is 2.10 bits per heavy atom. The van der Waals surface area contributed by atoms with Crippen molar-refractivity contribution in [1.29, 1.82) is 0 Å². The average molecular weight is 366 g/mol. The topological polar surface area (TPSA) is 64.3 Å². The van der Waals surface area contributed by atoms with Gasteiger partial charge in [-0.2, -0.15) is 0 Å². The van der Waals surface area contributed by atoms with Crippen molar-refractivity contribution in [1.82, 2.24) is 5.32 Å². The Labute approximate surface area is 135 Å². The second-order valence-electron chi connectivity index (χ2n) is 4.92. The molecule has 114 valence electrons. The van der Waals surface area contributed by atoms with Crippen LogP contribution in [0.3, 0.4) is 0 Å². The lowest BCUT2D eigenvalue weighted by atomic mass is 10.0. The first kappa shape index (κ1) is 19.2. The second-order valence-corrected chi connectivity index (χ2v) is 5.78. The van der Waals surface area contributed by atoms with Gasteiger partial charge in [-0.25, -0.2) is 0 Å². The fraction of sp³-hybridized carbons (Fsp3) is 0.500. The van der Waals surface area contributed by atoms with Gasteiger partial charge >= 0.3 is 0 Å². The normalized spacial score (nSPS) is 11.7. The highest BCUT2D eigenvalue weighted by atomic mass is 79.9. The number of benzene rings is 1. The third-order valence-corrected chi connectivity index (χ3v) is 3.36. The standard InChI is InChI=1S/C14H21BrN2O2.ClH/c1-9(2)6-12(16)14(18)17-8-10-4-5-13(19-3)11(15)7-10;/h4-5,7,9,12H,6,8,16H2,1-3H3,(H,17,18);1H/t12-;/m0./s1. The average Bonchev–Trinajstić information content (AvgIpc) is 2.35. The van der Waals surface area contributed by atoms with Crippen molar-refractivity contribution in [3.8, 4) is 5.75 Å². The lowest BCUT2D eigenvalue weighted by Crippen LogP contribution is -2.41. The zero-order valence-electron chi connectivity index (χ0n) is 12.0. The SMILES string of the molecule is COc1ccc(CNC(=O)[C@@H](N)CC(C)C)cc1Br.Cl. The van der Waals surface area contributed by atoms with Crippen LogP contribution in [0.1, 0.15) is 25.8 Å². The molecule has 0 radical (unpaired) electrons. The lowest BCUT2D eigenvalue weighted by Gasteiger charge is -2.14. The molecule has 1 rings (SSSR count). The highest BCUT2D eigenvalue weighted by Gasteiger charge is 2.14. The van der Waals surface area contributed by atoms with E-state index in [1.807, 2.05) is 32.0 Å². The molecule has 0 aliphatic carbocycles. The molecule has 0 unspecified atom stereocenters. The number of carbonyl (C=O) groups excluding carboxylic acids is 1. The number of methoxy groups -OCH3 is 1. The van der Waals surface area contributed by atoms with Crippen LogP contribution < -0.4 is 15.8 Å². The Bertz CT molecular complexity index is 441. The molecule has 1 atom stereocenters. The van der Waals surface area contributed by atoms with Gasteiger partial charge in [0.25, 0.3) is 0 Å². The van der Waals surface area contributed by atoms with Crippen LogP contribution in [-0.4, -0.2) is 19.1 Å². The van der Waals surface area contributed by atoms with Gasteiger partial charge in [0.15, 0.2) is 0 Å². The van der Waals surface area contributed by atoms with Gasteiger partial charge in [-0.3, -0.25) is 4.79 Å². The van der Waals surface area contributed by atoms with E-state index >= 15 is 0 Å². The summed E-state index contributed by atoms with van der Waals surface area (Å²) in [5.41, 5.74) is 6.81. The van der Waals surface area contributed by atoms with Crippen molar-refractivity contribution in [2.45, 2.75) is 32.9 Å². The van der Waals surface area contributed by atoms with Crippen LogP contribution in [0.15, 0.2) is 22.7 Å². The van der Waals surface area contributed by atoms with E-state index < -0.39 is 6.04 Å². The summed E-state index contributed by atoms with van der Waals surface area (Å²) in [4.78, 5) is 11.8. The molecule has 0 saturated carbocycles. The molecule has 20 heavy (non-hydrogen) atoms. The molecule has 3 N–H and O–H groups in total. The van der Waals surface area contributed by atoms with E-state index in [1.54, 1.807) is 7.11 Å². The maximum absolute atomic E-state index is 11.8. The zero-order chi connectivity index (χ0) is 14.4. The smallest absolute Gasteiger partial charge is 0.237 e. The number of carbonyl (C=O) groups is 1. The largest absolute Gasteiger partial charge is 0.496 e. The summed E-state index contributed by atoms with van der Waals surface area (Å²) in [6, 6.07) is 5.26. The molecule has 0 aliphatic heterocycles. The number of nitrogens with two attached hydrogens (primary N) is 1. The van der Waals surface area contributed by atoms with E-state index in [9.17, 15) is 4.79 Å². The molecule has 0 aliphatic rings. The second kappa shape index (κ2) is 9.21. The van der Waals surface area contributed by atoms with Crippen LogP contribution in [0, 0.1) is 5.92 Å². The van der Waals surface area contributed by atoms with Crippen LogP contribution in [0.25, 0.3) is 0 Å². The summed E-state index contributed by atoms with van der Waals surface area (Å²) in [7, 11) is 1.62. The minimum Gasteiger partial charge on any atom is -0.496 e. The van der Waals surface area contributed by atoms with E-state index in [2.05, 4.69) is 21.2 Å². The molecule has 0 fully saturated rings. The Hall–Kier alpha value is -0.780. The number of amides is 1. The molecule has 4 nitrogen and oxygen atoms in total. The van der Waals surface area contributed by atoms with E-state index in [0.29, 0.717) is 18.9 Å². The molecule has 1 aromatic rings. The number of halogens is 2. The Kier molecular flexibility index (Phi) is 8.85. The maximum atomic E-state index is 11.8. The summed E-state index contributed by atoms with van der Waals surface area (Å²) >= 11 is 3.41. The summed E-state index contributed by atoms with van der Waals surface area (Å²) in [5.74, 6) is 1.07. The Morgan fingerprint density at radius 1 is 1.45 bits per heavy atom. The van der Waals surface area contributed by atoms with Crippen molar-refractivity contribution in [3.05, 3.63) is 28.2 Å². The van der Waals surface area contributed by atoms with E-state index in [-0.39, 0.29) is 18.3 Å². The van der Waals surface area contributed by atoms with Gasteiger partial charge in [0, 0.05) is 6.54 Å². The van der Waals surface area contributed by atoms with Gasteiger partial charge < -0.3 is 15.8 Å². The zero-order valence-corrected chi connectivity index (χ0v) is 14.4. The van der Waals surface area contributed by atoms with Crippen molar-refractivity contribution < 1.29 is 9.53 Å². The van der Waals surface area contributed by atoms with Gasteiger partial charge in [0.1, 0.15) is 5.75 Å². The monoisotopic (exact) mass is 364 g/mol. The fourth-order valence-electron chi connectivity index (χ4n) is 1.76. The van der Waals surface area contributed by atoms with Crippen LogP contribution in [-0.2, 0) is 11.3 Å². The summed E-state index contributed by atoms with van der Waals surface area (Å²) in [5, 5.41) is 2.84. The van der Waals surface area contributed by atoms with Crippen LogP contribution in [0.4, 0.5) is 0 Å². The van der Waals surface area contributed by atoms with Crippen LogP contribution >= 0.6 is 28.3 Å². The van der Waals surface area contributed by atoms with Crippen LogP contribution in [0.5, 0.6) is 5.75 Å². The molecule has 0 saturated heterocycles. The summed E-state index contributed by atoms with van der Waals surface area (Å²) in [6.07, 6.45) is 0.693. The number of ether oxygens (including phenoxy) is 1. The Balaban J connectivity index is 0.00000361. The number of rotatable bonds is 6. The molecule has 1 aromatic carbocycles. The molecule has 0 heterocycles. The van der Waals surface area contributed by atoms with E-state index in [1.165, 1.54) is 0 Å². The highest BCUT2D eigenvalue weighted by molar-refractivity contribution is 9.10. The first-order chi connectivity index (χ1) is 8.93. The van der Waals surface area contributed by atoms with Crippen molar-refractivity contribution in [3.63, 3.8) is 0 Å². The minimum absolute atomic E-state index is 0. The predicted octanol–water partition coefficient (Wildman–Crippen LogP) is 2.87.